The molecule has 4 N–H and O–H groups in total. The van der Waals surface area contributed by atoms with Crippen molar-refractivity contribution in [2.75, 3.05) is 0 Å². The number of aromatic nitrogens is 1. The number of ketones is 1. The summed E-state index contributed by atoms with van der Waals surface area (Å²) in [5.74, 6) is -2.28. The van der Waals surface area contributed by atoms with E-state index >= 15 is 0 Å². The summed E-state index contributed by atoms with van der Waals surface area (Å²) in [6.07, 6.45) is 1.07. The minimum Gasteiger partial charge on any atom is -0.508 e. The number of aromatic hydroxyl groups is 4. The van der Waals surface area contributed by atoms with Crippen LogP contribution in [0.3, 0.4) is 0 Å². The van der Waals surface area contributed by atoms with Crippen molar-refractivity contribution in [1.82, 2.24) is 4.98 Å². The Balaban J connectivity index is 2.49. The van der Waals surface area contributed by atoms with Gasteiger partial charge in [-0.15, -0.1) is 0 Å². The summed E-state index contributed by atoms with van der Waals surface area (Å²) < 4.78 is 0. The Morgan fingerprint density at radius 1 is 0.944 bits per heavy atom. The fourth-order valence-electron chi connectivity index (χ4n) is 1.48. The van der Waals surface area contributed by atoms with Crippen molar-refractivity contribution in [3.8, 4) is 23.0 Å². The van der Waals surface area contributed by atoms with Crippen molar-refractivity contribution < 1.29 is 25.2 Å². The van der Waals surface area contributed by atoms with Crippen molar-refractivity contribution in [1.29, 1.82) is 0 Å². The van der Waals surface area contributed by atoms with Crippen LogP contribution in [0, 0.1) is 0 Å². The van der Waals surface area contributed by atoms with E-state index in [-0.39, 0.29) is 22.8 Å². The maximum absolute atomic E-state index is 12.0. The second-order valence-electron chi connectivity index (χ2n) is 3.59. The number of phenolic OH excluding ortho intramolecular Hbond substituents is 3. The Kier molecular flexibility index (Phi) is 2.77. The van der Waals surface area contributed by atoms with Crippen molar-refractivity contribution >= 4 is 5.78 Å². The fourth-order valence-corrected chi connectivity index (χ4v) is 1.48. The Bertz CT molecular complexity index is 583. The molecule has 1 heterocycles. The maximum Gasteiger partial charge on any atom is 0.218 e. The topological polar surface area (TPSA) is 111 Å². The lowest BCUT2D eigenvalue weighted by atomic mass is 10.0. The van der Waals surface area contributed by atoms with Crippen molar-refractivity contribution in [2.24, 2.45) is 0 Å². The highest BCUT2D eigenvalue weighted by molar-refractivity contribution is 6.11. The van der Waals surface area contributed by atoms with Crippen LogP contribution in [0.25, 0.3) is 0 Å². The second-order valence-corrected chi connectivity index (χ2v) is 3.59. The summed E-state index contributed by atoms with van der Waals surface area (Å²) in [5, 5.41) is 37.3. The van der Waals surface area contributed by atoms with Gasteiger partial charge in [0, 0.05) is 12.1 Å². The molecule has 0 radical (unpaired) electrons. The van der Waals surface area contributed by atoms with E-state index in [0.29, 0.717) is 0 Å². The molecule has 1 aromatic carbocycles. The summed E-state index contributed by atoms with van der Waals surface area (Å²) >= 11 is 0. The minimum atomic E-state index is -0.718. The van der Waals surface area contributed by atoms with Crippen LogP contribution in [0.2, 0.25) is 0 Å². The van der Waals surface area contributed by atoms with Gasteiger partial charge in [-0.3, -0.25) is 4.79 Å². The van der Waals surface area contributed by atoms with Gasteiger partial charge in [-0.1, -0.05) is 0 Å². The fraction of sp³-hybridized carbons (Fsp3) is 0. The van der Waals surface area contributed by atoms with Crippen LogP contribution in [-0.4, -0.2) is 31.2 Å². The smallest absolute Gasteiger partial charge is 0.218 e. The van der Waals surface area contributed by atoms with Crippen LogP contribution in [0.5, 0.6) is 23.0 Å². The zero-order chi connectivity index (χ0) is 13.3. The first-order valence-corrected chi connectivity index (χ1v) is 4.93. The standard InChI is InChI=1S/C12H9NO5/c14-6-1-2-8(13-5-6)12(18)11-9(16)3-7(15)4-10(11)17/h1-5,14-17H. The second kappa shape index (κ2) is 4.25. The normalized spacial score (nSPS) is 10.2. The molecule has 6 nitrogen and oxygen atoms in total. The van der Waals surface area contributed by atoms with Crippen LogP contribution in [0.15, 0.2) is 30.5 Å². The molecule has 0 saturated heterocycles. The number of phenols is 3. The zero-order valence-corrected chi connectivity index (χ0v) is 9.03. The third-order valence-corrected chi connectivity index (χ3v) is 2.29. The molecule has 0 atom stereocenters. The number of pyridine rings is 1. The van der Waals surface area contributed by atoms with Crippen LogP contribution in [0.1, 0.15) is 16.1 Å². The molecule has 92 valence electrons. The van der Waals surface area contributed by atoms with E-state index in [9.17, 15) is 15.0 Å². The lowest BCUT2D eigenvalue weighted by Gasteiger charge is -2.06. The molecular formula is C12H9NO5. The number of carbonyl (C=O) groups excluding carboxylic acids is 1. The van der Waals surface area contributed by atoms with E-state index in [1.54, 1.807) is 0 Å². The third-order valence-electron chi connectivity index (χ3n) is 2.29. The number of rotatable bonds is 2. The van der Waals surface area contributed by atoms with E-state index in [1.807, 2.05) is 0 Å². The summed E-state index contributed by atoms with van der Waals surface area (Å²) in [4.78, 5) is 15.6. The van der Waals surface area contributed by atoms with Crippen molar-refractivity contribution in [3.63, 3.8) is 0 Å². The average Bonchev–Trinajstić information content (AvgIpc) is 2.28. The highest BCUT2D eigenvalue weighted by atomic mass is 16.3. The van der Waals surface area contributed by atoms with E-state index < -0.39 is 17.3 Å². The molecule has 0 unspecified atom stereocenters. The predicted molar refractivity (Wildman–Crippen MR) is 60.8 cm³/mol. The van der Waals surface area contributed by atoms with Crippen molar-refractivity contribution in [3.05, 3.63) is 41.7 Å². The SMILES string of the molecule is O=C(c1ccc(O)cn1)c1c(O)cc(O)cc1O. The maximum atomic E-state index is 12.0. The highest BCUT2D eigenvalue weighted by Gasteiger charge is 2.20. The number of carbonyl (C=O) groups is 1. The predicted octanol–water partition coefficient (Wildman–Crippen LogP) is 1.14. The Morgan fingerprint density at radius 3 is 2.06 bits per heavy atom. The molecule has 1 aromatic heterocycles. The van der Waals surface area contributed by atoms with Crippen LogP contribution < -0.4 is 0 Å². The molecule has 2 aromatic rings. The number of hydrogen-bond donors (Lipinski definition) is 4. The summed E-state index contributed by atoms with van der Waals surface area (Å²) in [7, 11) is 0. The van der Waals surface area contributed by atoms with E-state index in [1.165, 1.54) is 12.1 Å². The van der Waals surface area contributed by atoms with Gasteiger partial charge < -0.3 is 20.4 Å². The molecule has 0 saturated carbocycles. The van der Waals surface area contributed by atoms with Crippen LogP contribution in [-0.2, 0) is 0 Å². The van der Waals surface area contributed by atoms with Gasteiger partial charge in [0.05, 0.1) is 6.20 Å². The van der Waals surface area contributed by atoms with Gasteiger partial charge in [-0.05, 0) is 12.1 Å². The molecule has 0 aliphatic rings. The molecule has 0 bridgehead atoms. The molecule has 6 heteroatoms. The largest absolute Gasteiger partial charge is 0.508 e. The van der Waals surface area contributed by atoms with E-state index in [2.05, 4.69) is 4.98 Å². The Labute approximate surface area is 101 Å². The minimum absolute atomic E-state index is 0.0518. The van der Waals surface area contributed by atoms with Gasteiger partial charge in [-0.2, -0.15) is 0 Å². The number of hydrogen-bond acceptors (Lipinski definition) is 6. The van der Waals surface area contributed by atoms with Gasteiger partial charge in [0.15, 0.2) is 0 Å². The van der Waals surface area contributed by atoms with Gasteiger partial charge in [0.25, 0.3) is 0 Å². The summed E-state index contributed by atoms with van der Waals surface area (Å²) in [5.41, 5.74) is -0.407. The van der Waals surface area contributed by atoms with Crippen LogP contribution >= 0.6 is 0 Å². The third kappa shape index (κ3) is 2.03. The average molecular weight is 247 g/mol. The van der Waals surface area contributed by atoms with Gasteiger partial charge in [0.2, 0.25) is 5.78 Å². The first-order chi connectivity index (χ1) is 8.49. The molecule has 0 spiro atoms. The van der Waals surface area contributed by atoms with E-state index in [4.69, 9.17) is 10.2 Å². The molecule has 0 aliphatic heterocycles. The molecule has 2 rings (SSSR count). The quantitative estimate of drug-likeness (QED) is 0.592. The van der Waals surface area contributed by atoms with Gasteiger partial charge >= 0.3 is 0 Å². The van der Waals surface area contributed by atoms with Crippen molar-refractivity contribution in [2.45, 2.75) is 0 Å². The molecular weight excluding hydrogens is 238 g/mol. The lowest BCUT2D eigenvalue weighted by Crippen LogP contribution is -2.04. The number of nitrogens with zero attached hydrogens (tertiary/aromatic N) is 1. The Morgan fingerprint density at radius 2 is 1.56 bits per heavy atom. The Hall–Kier alpha value is -2.76. The van der Waals surface area contributed by atoms with Gasteiger partial charge in [-0.25, -0.2) is 4.98 Å². The number of benzene rings is 1. The monoisotopic (exact) mass is 247 g/mol. The first-order valence-electron chi connectivity index (χ1n) is 4.93. The molecule has 18 heavy (non-hydrogen) atoms. The molecule has 0 amide bonds. The summed E-state index contributed by atoms with van der Waals surface area (Å²) in [6.45, 7) is 0. The lowest BCUT2D eigenvalue weighted by molar-refractivity contribution is 0.102. The molecule has 0 aliphatic carbocycles. The first kappa shape index (κ1) is 11.7. The van der Waals surface area contributed by atoms with Gasteiger partial charge in [0.1, 0.15) is 34.3 Å². The zero-order valence-electron chi connectivity index (χ0n) is 9.03. The van der Waals surface area contributed by atoms with Crippen LogP contribution in [0.4, 0.5) is 0 Å². The molecule has 0 fully saturated rings. The van der Waals surface area contributed by atoms with E-state index in [0.717, 1.165) is 18.3 Å². The highest BCUT2D eigenvalue weighted by Crippen LogP contribution is 2.33. The summed E-state index contributed by atoms with van der Waals surface area (Å²) in [6, 6.07) is 4.39.